The van der Waals surface area contributed by atoms with Gasteiger partial charge in [-0.2, -0.15) is 0 Å². The first-order valence-electron chi connectivity index (χ1n) is 5.81. The number of hydrogen-bond donors (Lipinski definition) is 2. The maximum Gasteiger partial charge on any atom is 0.250 e. The summed E-state index contributed by atoms with van der Waals surface area (Å²) in [5.74, 6) is -2.59. The number of benzene rings is 1. The van der Waals surface area contributed by atoms with E-state index >= 15 is 0 Å². The van der Waals surface area contributed by atoms with Crippen LogP contribution >= 0.6 is 11.6 Å². The van der Waals surface area contributed by atoms with Gasteiger partial charge in [-0.1, -0.05) is 17.7 Å². The van der Waals surface area contributed by atoms with E-state index in [-0.39, 0.29) is 19.4 Å². The fourth-order valence-electron chi connectivity index (χ4n) is 2.92. The van der Waals surface area contributed by atoms with Crippen molar-refractivity contribution in [2.24, 2.45) is 5.73 Å². The molecule has 1 aliphatic rings. The quantitative estimate of drug-likeness (QED) is 0.862. The van der Waals surface area contributed by atoms with E-state index in [9.17, 15) is 8.78 Å². The smallest absolute Gasteiger partial charge is 0.250 e. The largest absolute Gasteiger partial charge is 0.361 e. The predicted octanol–water partition coefficient (Wildman–Crippen LogP) is 3.45. The van der Waals surface area contributed by atoms with Crippen LogP contribution in [0.5, 0.6) is 0 Å². The van der Waals surface area contributed by atoms with Crippen molar-refractivity contribution in [2.45, 2.75) is 24.2 Å². The Morgan fingerprint density at radius 3 is 2.67 bits per heavy atom. The SMILES string of the molecule is NCC1(c2c[nH]c3cc(Cl)ccc23)CC(F)(F)C1. The molecule has 0 saturated heterocycles. The number of aromatic nitrogens is 1. The van der Waals surface area contributed by atoms with Crippen LogP contribution in [0.1, 0.15) is 18.4 Å². The molecule has 2 aromatic rings. The predicted molar refractivity (Wildman–Crippen MR) is 68.2 cm³/mol. The minimum absolute atomic E-state index is 0.175. The number of nitrogens with one attached hydrogen (secondary N) is 1. The van der Waals surface area contributed by atoms with Crippen molar-refractivity contribution >= 4 is 22.5 Å². The van der Waals surface area contributed by atoms with E-state index in [4.69, 9.17) is 17.3 Å². The van der Waals surface area contributed by atoms with Crippen molar-refractivity contribution in [3.8, 4) is 0 Å². The molecular formula is C13H13ClF2N2. The van der Waals surface area contributed by atoms with Crippen LogP contribution in [0.4, 0.5) is 8.78 Å². The van der Waals surface area contributed by atoms with Crippen molar-refractivity contribution in [1.29, 1.82) is 0 Å². The Balaban J connectivity index is 2.09. The number of aromatic amines is 1. The molecule has 1 saturated carbocycles. The molecule has 1 heterocycles. The molecule has 1 aliphatic carbocycles. The van der Waals surface area contributed by atoms with E-state index in [0.717, 1.165) is 16.5 Å². The Labute approximate surface area is 108 Å². The Morgan fingerprint density at radius 1 is 1.33 bits per heavy atom. The second-order valence-corrected chi connectivity index (χ2v) is 5.52. The fraction of sp³-hybridized carbons (Fsp3) is 0.385. The number of H-pyrrole nitrogens is 1. The van der Waals surface area contributed by atoms with Gasteiger partial charge in [-0.05, 0) is 17.7 Å². The molecule has 18 heavy (non-hydrogen) atoms. The lowest BCUT2D eigenvalue weighted by Crippen LogP contribution is -2.53. The van der Waals surface area contributed by atoms with Gasteiger partial charge in [0.2, 0.25) is 5.92 Å². The molecule has 5 heteroatoms. The fourth-order valence-corrected chi connectivity index (χ4v) is 3.09. The van der Waals surface area contributed by atoms with Crippen LogP contribution in [-0.4, -0.2) is 17.5 Å². The first-order valence-corrected chi connectivity index (χ1v) is 6.19. The van der Waals surface area contributed by atoms with Crippen LogP contribution in [-0.2, 0) is 5.41 Å². The number of nitrogens with two attached hydrogens (primary N) is 1. The molecule has 1 aromatic heterocycles. The third-order valence-corrected chi connectivity index (χ3v) is 4.04. The topological polar surface area (TPSA) is 41.8 Å². The highest BCUT2D eigenvalue weighted by atomic mass is 35.5. The van der Waals surface area contributed by atoms with E-state index in [2.05, 4.69) is 4.98 Å². The summed E-state index contributed by atoms with van der Waals surface area (Å²) in [5.41, 5.74) is 6.87. The summed E-state index contributed by atoms with van der Waals surface area (Å²) in [7, 11) is 0. The Bertz CT molecular complexity index is 598. The molecule has 0 unspecified atom stereocenters. The maximum absolute atomic E-state index is 13.2. The van der Waals surface area contributed by atoms with Crippen LogP contribution in [0.15, 0.2) is 24.4 Å². The van der Waals surface area contributed by atoms with Crippen LogP contribution in [0.3, 0.4) is 0 Å². The molecular weight excluding hydrogens is 258 g/mol. The minimum Gasteiger partial charge on any atom is -0.361 e. The summed E-state index contributed by atoms with van der Waals surface area (Å²) in [6, 6.07) is 5.42. The summed E-state index contributed by atoms with van der Waals surface area (Å²) >= 11 is 5.90. The van der Waals surface area contributed by atoms with Crippen molar-refractivity contribution < 1.29 is 8.78 Å². The second-order valence-electron chi connectivity index (χ2n) is 5.09. The highest BCUT2D eigenvalue weighted by Gasteiger charge is 2.57. The van der Waals surface area contributed by atoms with Gasteiger partial charge in [0.15, 0.2) is 0 Å². The monoisotopic (exact) mass is 270 g/mol. The summed E-state index contributed by atoms with van der Waals surface area (Å²) in [4.78, 5) is 3.08. The Hall–Kier alpha value is -1.13. The Kier molecular flexibility index (Phi) is 2.44. The number of alkyl halides is 2. The number of hydrogen-bond acceptors (Lipinski definition) is 1. The van der Waals surface area contributed by atoms with Gasteiger partial charge < -0.3 is 10.7 Å². The standard InChI is InChI=1S/C13H13ClF2N2/c14-8-1-2-9-10(4-18-11(9)3-8)12(7-17)5-13(15,16)6-12/h1-4,18H,5-7,17H2. The van der Waals surface area contributed by atoms with E-state index < -0.39 is 11.3 Å². The van der Waals surface area contributed by atoms with Crippen LogP contribution < -0.4 is 5.73 Å². The van der Waals surface area contributed by atoms with Gasteiger partial charge in [0, 0.05) is 46.9 Å². The van der Waals surface area contributed by atoms with E-state index in [1.165, 1.54) is 0 Å². The molecule has 1 fully saturated rings. The third-order valence-electron chi connectivity index (χ3n) is 3.80. The zero-order valence-corrected chi connectivity index (χ0v) is 10.4. The summed E-state index contributed by atoms with van der Waals surface area (Å²) in [5, 5.41) is 1.55. The van der Waals surface area contributed by atoms with Crippen LogP contribution in [0.25, 0.3) is 10.9 Å². The van der Waals surface area contributed by atoms with Gasteiger partial charge in [-0.15, -0.1) is 0 Å². The zero-order valence-electron chi connectivity index (χ0n) is 9.64. The molecule has 3 N–H and O–H groups in total. The van der Waals surface area contributed by atoms with Gasteiger partial charge in [-0.25, -0.2) is 8.78 Å². The average Bonchev–Trinajstić information content (AvgIpc) is 2.68. The number of halogens is 3. The summed E-state index contributed by atoms with van der Waals surface area (Å²) in [6.07, 6.45) is 1.43. The van der Waals surface area contributed by atoms with Gasteiger partial charge in [-0.3, -0.25) is 0 Å². The lowest BCUT2D eigenvalue weighted by Gasteiger charge is -2.46. The van der Waals surface area contributed by atoms with E-state index in [1.54, 1.807) is 18.3 Å². The lowest BCUT2D eigenvalue weighted by molar-refractivity contribution is -0.123. The van der Waals surface area contributed by atoms with Crippen molar-refractivity contribution in [1.82, 2.24) is 4.98 Å². The second kappa shape index (κ2) is 3.68. The van der Waals surface area contributed by atoms with Crippen molar-refractivity contribution in [3.63, 3.8) is 0 Å². The van der Waals surface area contributed by atoms with Crippen molar-refractivity contribution in [2.75, 3.05) is 6.54 Å². The first-order chi connectivity index (χ1) is 8.46. The molecule has 0 spiro atoms. The minimum atomic E-state index is -2.59. The van der Waals surface area contributed by atoms with Gasteiger partial charge in [0.25, 0.3) is 0 Å². The molecule has 3 rings (SSSR count). The number of fused-ring (bicyclic) bond motifs is 1. The van der Waals surface area contributed by atoms with Gasteiger partial charge >= 0.3 is 0 Å². The molecule has 0 radical (unpaired) electrons. The highest BCUT2D eigenvalue weighted by molar-refractivity contribution is 6.31. The average molecular weight is 271 g/mol. The van der Waals surface area contributed by atoms with Crippen LogP contribution in [0, 0.1) is 0 Å². The first kappa shape index (κ1) is 11.9. The Morgan fingerprint density at radius 2 is 2.06 bits per heavy atom. The zero-order chi connectivity index (χ0) is 13.0. The number of rotatable bonds is 2. The van der Waals surface area contributed by atoms with E-state index in [0.29, 0.717) is 5.02 Å². The molecule has 0 amide bonds. The van der Waals surface area contributed by atoms with Crippen LogP contribution in [0.2, 0.25) is 5.02 Å². The molecule has 1 aromatic carbocycles. The summed E-state index contributed by atoms with van der Waals surface area (Å²) in [6.45, 7) is 0.234. The molecule has 0 bridgehead atoms. The third kappa shape index (κ3) is 1.63. The maximum atomic E-state index is 13.2. The molecule has 0 aliphatic heterocycles. The van der Waals surface area contributed by atoms with Crippen molar-refractivity contribution in [3.05, 3.63) is 35.0 Å². The molecule has 96 valence electrons. The molecule has 0 atom stereocenters. The molecule has 2 nitrogen and oxygen atoms in total. The van der Waals surface area contributed by atoms with Gasteiger partial charge in [0.05, 0.1) is 0 Å². The lowest BCUT2D eigenvalue weighted by atomic mass is 9.62. The van der Waals surface area contributed by atoms with E-state index in [1.807, 2.05) is 6.07 Å². The normalized spacial score (nSPS) is 20.9. The summed E-state index contributed by atoms with van der Waals surface area (Å²) < 4.78 is 26.4. The van der Waals surface area contributed by atoms with Gasteiger partial charge in [0.1, 0.15) is 0 Å². The highest BCUT2D eigenvalue weighted by Crippen LogP contribution is 2.54.